The van der Waals surface area contributed by atoms with Crippen molar-refractivity contribution >= 4 is 11.8 Å². The van der Waals surface area contributed by atoms with Crippen LogP contribution in [0.5, 0.6) is 0 Å². The van der Waals surface area contributed by atoms with E-state index < -0.39 is 11.9 Å². The van der Waals surface area contributed by atoms with E-state index in [0.29, 0.717) is 6.42 Å². The molecule has 0 radical (unpaired) electrons. The number of ether oxygens (including phenoxy) is 1. The van der Waals surface area contributed by atoms with Crippen LogP contribution in [-0.4, -0.2) is 16.9 Å². The van der Waals surface area contributed by atoms with Crippen molar-refractivity contribution in [3.63, 3.8) is 0 Å². The van der Waals surface area contributed by atoms with E-state index in [9.17, 15) is 9.59 Å². The minimum Gasteiger partial charge on any atom is -0.516 e. The van der Waals surface area contributed by atoms with Crippen molar-refractivity contribution in [1.82, 2.24) is 0 Å². The molecule has 0 bridgehead atoms. The first-order chi connectivity index (χ1) is 7.65. The number of hydrogen-bond donors (Lipinski definition) is 1. The smallest absolute Gasteiger partial charge is 0.321 e. The monoisotopic (exact) mass is 224 g/mol. The van der Waals surface area contributed by atoms with E-state index in [4.69, 9.17) is 5.11 Å². The fourth-order valence-electron chi connectivity index (χ4n) is 1.02. The molecule has 88 valence electrons. The van der Waals surface area contributed by atoms with Crippen LogP contribution in [-0.2, 0) is 14.3 Å². The van der Waals surface area contributed by atoms with E-state index in [1.165, 1.54) is 18.2 Å². The third-order valence-corrected chi connectivity index (χ3v) is 1.75. The van der Waals surface area contributed by atoms with Crippen molar-refractivity contribution in [3.05, 3.63) is 37.3 Å². The first-order valence-corrected chi connectivity index (χ1v) is 4.99. The van der Waals surface area contributed by atoms with Crippen LogP contribution in [0.1, 0.15) is 19.8 Å². The lowest BCUT2D eigenvalue weighted by atomic mass is 10.1. The van der Waals surface area contributed by atoms with Crippen LogP contribution >= 0.6 is 0 Å². The second kappa shape index (κ2) is 8.47. The Morgan fingerprint density at radius 2 is 2.12 bits per heavy atom. The Hall–Kier alpha value is -1.84. The summed E-state index contributed by atoms with van der Waals surface area (Å²) in [5.74, 6) is -1.44. The van der Waals surface area contributed by atoms with Gasteiger partial charge in [-0.3, -0.25) is 9.59 Å². The van der Waals surface area contributed by atoms with Crippen LogP contribution in [0.3, 0.4) is 0 Å². The average molecular weight is 224 g/mol. The molecule has 0 fully saturated rings. The van der Waals surface area contributed by atoms with Gasteiger partial charge in [0.1, 0.15) is 0 Å². The Labute approximate surface area is 94.9 Å². The molecule has 0 heterocycles. The highest BCUT2D eigenvalue weighted by Crippen LogP contribution is 2.05. The second-order valence-corrected chi connectivity index (χ2v) is 3.05. The zero-order valence-corrected chi connectivity index (χ0v) is 9.26. The molecule has 1 atom stereocenters. The predicted octanol–water partition coefficient (Wildman–Crippen LogP) is 2.29. The summed E-state index contributed by atoms with van der Waals surface area (Å²) in [7, 11) is 0. The van der Waals surface area contributed by atoms with Gasteiger partial charge in [0, 0.05) is 6.42 Å². The molecule has 0 aliphatic heterocycles. The van der Waals surface area contributed by atoms with E-state index in [-0.39, 0.29) is 5.78 Å². The average Bonchev–Trinajstić information content (AvgIpc) is 2.24. The van der Waals surface area contributed by atoms with Crippen LogP contribution < -0.4 is 0 Å². The maximum atomic E-state index is 11.3. The highest BCUT2D eigenvalue weighted by Gasteiger charge is 2.13. The molecule has 1 N–H and O–H groups in total. The molecule has 0 aromatic heterocycles. The molecule has 1 unspecified atom stereocenters. The number of carbonyl (C=O) groups is 2. The molecule has 0 rings (SSSR count). The fraction of sp³-hybridized carbons (Fsp3) is 0.333. The van der Waals surface area contributed by atoms with Gasteiger partial charge in [-0.1, -0.05) is 19.6 Å². The topological polar surface area (TPSA) is 63.6 Å². The second-order valence-electron chi connectivity index (χ2n) is 3.05. The Morgan fingerprint density at radius 1 is 1.44 bits per heavy atom. The number of esters is 1. The van der Waals surface area contributed by atoms with Crippen LogP contribution in [0, 0.1) is 5.92 Å². The van der Waals surface area contributed by atoms with E-state index in [1.807, 2.05) is 6.92 Å². The zero-order valence-electron chi connectivity index (χ0n) is 9.26. The van der Waals surface area contributed by atoms with Gasteiger partial charge in [-0.25, -0.2) is 0 Å². The highest BCUT2D eigenvalue weighted by atomic mass is 16.5. The number of hydrogen-bond acceptors (Lipinski definition) is 4. The summed E-state index contributed by atoms with van der Waals surface area (Å²) in [6.45, 7) is 5.14. The van der Waals surface area contributed by atoms with Crippen LogP contribution in [0.4, 0.5) is 0 Å². The third-order valence-electron chi connectivity index (χ3n) is 1.75. The van der Waals surface area contributed by atoms with Gasteiger partial charge in [0.15, 0.2) is 5.78 Å². The number of aliphatic hydroxyl groups excluding tert-OH is 1. The molecule has 0 aliphatic rings. The summed E-state index contributed by atoms with van der Waals surface area (Å²) >= 11 is 0. The van der Waals surface area contributed by atoms with Crippen LogP contribution in [0.25, 0.3) is 0 Å². The Bertz CT molecular complexity index is 302. The number of allylic oxidation sites excluding steroid dienone is 1. The first-order valence-electron chi connectivity index (χ1n) is 4.99. The zero-order chi connectivity index (χ0) is 12.4. The summed E-state index contributed by atoms with van der Waals surface area (Å²) in [6, 6.07) is 0. The SMILES string of the molecule is C=COC(=O)C(C=CO)C=CC(=O)CCC. The van der Waals surface area contributed by atoms with Crippen molar-refractivity contribution in [3.8, 4) is 0 Å². The number of ketones is 1. The van der Waals surface area contributed by atoms with Crippen molar-refractivity contribution in [2.24, 2.45) is 5.92 Å². The summed E-state index contributed by atoms with van der Waals surface area (Å²) < 4.78 is 4.55. The van der Waals surface area contributed by atoms with E-state index in [1.54, 1.807) is 0 Å². The molecule has 0 aromatic carbocycles. The van der Waals surface area contributed by atoms with E-state index in [2.05, 4.69) is 11.3 Å². The van der Waals surface area contributed by atoms with E-state index in [0.717, 1.165) is 18.9 Å². The van der Waals surface area contributed by atoms with Gasteiger partial charge in [-0.05, 0) is 18.6 Å². The molecule has 4 nitrogen and oxygen atoms in total. The van der Waals surface area contributed by atoms with Gasteiger partial charge in [-0.2, -0.15) is 0 Å². The number of carbonyl (C=O) groups excluding carboxylic acids is 2. The lowest BCUT2D eigenvalue weighted by Crippen LogP contribution is -2.11. The molecule has 4 heteroatoms. The summed E-state index contributed by atoms with van der Waals surface area (Å²) in [5.41, 5.74) is 0. The lowest BCUT2D eigenvalue weighted by molar-refractivity contribution is -0.139. The number of aliphatic hydroxyl groups is 1. The Kier molecular flexibility index (Phi) is 7.49. The molecule has 0 saturated heterocycles. The van der Waals surface area contributed by atoms with Crippen molar-refractivity contribution in [2.75, 3.05) is 0 Å². The van der Waals surface area contributed by atoms with Gasteiger partial charge in [0.2, 0.25) is 0 Å². The molecular formula is C12H16O4. The minimum atomic E-state index is -0.774. The summed E-state index contributed by atoms with van der Waals surface area (Å²) in [6.07, 6.45) is 6.85. The fourth-order valence-corrected chi connectivity index (χ4v) is 1.02. The largest absolute Gasteiger partial charge is 0.516 e. The molecular weight excluding hydrogens is 208 g/mol. The maximum Gasteiger partial charge on any atom is 0.321 e. The molecule has 16 heavy (non-hydrogen) atoms. The van der Waals surface area contributed by atoms with Crippen molar-refractivity contribution in [2.45, 2.75) is 19.8 Å². The predicted molar refractivity (Wildman–Crippen MR) is 60.6 cm³/mol. The van der Waals surface area contributed by atoms with Gasteiger partial charge in [0.25, 0.3) is 0 Å². The van der Waals surface area contributed by atoms with Gasteiger partial charge in [0.05, 0.1) is 18.4 Å². The third kappa shape index (κ3) is 5.80. The maximum absolute atomic E-state index is 11.3. The summed E-state index contributed by atoms with van der Waals surface area (Å²) in [5, 5.41) is 8.59. The lowest BCUT2D eigenvalue weighted by Gasteiger charge is -2.03. The van der Waals surface area contributed by atoms with Crippen LogP contribution in [0.2, 0.25) is 0 Å². The number of rotatable bonds is 7. The summed E-state index contributed by atoms with van der Waals surface area (Å²) in [4.78, 5) is 22.5. The molecule has 0 saturated carbocycles. The van der Waals surface area contributed by atoms with Gasteiger partial charge >= 0.3 is 5.97 Å². The van der Waals surface area contributed by atoms with Crippen molar-refractivity contribution in [1.29, 1.82) is 0 Å². The van der Waals surface area contributed by atoms with Gasteiger partial charge in [-0.15, -0.1) is 0 Å². The molecule has 0 aromatic rings. The molecule has 0 spiro atoms. The highest BCUT2D eigenvalue weighted by molar-refractivity contribution is 5.90. The van der Waals surface area contributed by atoms with Crippen molar-refractivity contribution < 1.29 is 19.4 Å². The minimum absolute atomic E-state index is 0.0646. The van der Waals surface area contributed by atoms with E-state index >= 15 is 0 Å². The molecule has 0 amide bonds. The van der Waals surface area contributed by atoms with Gasteiger partial charge < -0.3 is 9.84 Å². The first kappa shape index (κ1) is 14.2. The standard InChI is InChI=1S/C12H16O4/c1-3-5-11(14)7-6-10(8-9-13)12(15)16-4-2/h4,6-10,13H,2-3,5H2,1H3. The Morgan fingerprint density at radius 3 is 2.62 bits per heavy atom. The molecule has 0 aliphatic carbocycles. The Balaban J connectivity index is 4.49. The van der Waals surface area contributed by atoms with Crippen LogP contribution in [0.15, 0.2) is 37.3 Å². The normalized spacial score (nSPS) is 12.8. The quantitative estimate of drug-likeness (QED) is 0.409.